The van der Waals surface area contributed by atoms with E-state index in [1.54, 1.807) is 12.0 Å². The number of methoxy groups -OCH3 is 1. The van der Waals surface area contributed by atoms with E-state index in [0.29, 0.717) is 18.8 Å². The molecule has 0 atom stereocenters. The highest BCUT2D eigenvalue weighted by atomic mass is 19.1. The third-order valence-corrected chi connectivity index (χ3v) is 2.85. The third kappa shape index (κ3) is 3.57. The lowest BCUT2D eigenvalue weighted by molar-refractivity contribution is 0.100. The van der Waals surface area contributed by atoms with E-state index in [0.717, 1.165) is 6.07 Å². The van der Waals surface area contributed by atoms with Crippen molar-refractivity contribution in [1.29, 1.82) is 0 Å². The van der Waals surface area contributed by atoms with E-state index < -0.39 is 11.7 Å². The molecule has 5 nitrogen and oxygen atoms in total. The first-order valence-electron chi connectivity index (χ1n) is 6.02. The minimum absolute atomic E-state index is 0.0456. The van der Waals surface area contributed by atoms with Crippen LogP contribution in [0.3, 0.4) is 0 Å². The molecule has 0 fully saturated rings. The average Bonchev–Trinajstić information content (AvgIpc) is 2.30. The summed E-state index contributed by atoms with van der Waals surface area (Å²) in [5.74, 6) is -1.15. The minimum Gasteiger partial charge on any atom is -0.398 e. The zero-order chi connectivity index (χ0) is 14.6. The van der Waals surface area contributed by atoms with E-state index in [4.69, 9.17) is 16.2 Å². The van der Waals surface area contributed by atoms with E-state index in [-0.39, 0.29) is 17.3 Å². The van der Waals surface area contributed by atoms with Gasteiger partial charge in [0.25, 0.3) is 5.91 Å². The molecule has 0 spiro atoms. The molecule has 0 saturated heterocycles. The molecule has 0 heterocycles. The maximum absolute atomic E-state index is 14.0. The van der Waals surface area contributed by atoms with Gasteiger partial charge in [0.15, 0.2) is 0 Å². The Hall–Kier alpha value is -1.82. The number of carbonyl (C=O) groups excluding carboxylic acids is 1. The number of amides is 1. The number of nitrogen functional groups attached to an aromatic ring is 1. The van der Waals surface area contributed by atoms with Crippen LogP contribution < -0.4 is 16.4 Å². The molecule has 0 bridgehead atoms. The number of hydrogen-bond donors (Lipinski definition) is 2. The SMILES string of the molecule is COCCN(c1cc(C(N)=O)c(N)cc1F)C(C)C. The molecule has 0 aromatic heterocycles. The molecule has 1 amide bonds. The molecule has 106 valence electrons. The molecule has 4 N–H and O–H groups in total. The summed E-state index contributed by atoms with van der Waals surface area (Å²) < 4.78 is 19.0. The van der Waals surface area contributed by atoms with Crippen LogP contribution in [0.25, 0.3) is 0 Å². The molecule has 6 heteroatoms. The van der Waals surface area contributed by atoms with Crippen molar-refractivity contribution < 1.29 is 13.9 Å². The van der Waals surface area contributed by atoms with Gasteiger partial charge in [-0.2, -0.15) is 0 Å². The van der Waals surface area contributed by atoms with Gasteiger partial charge >= 0.3 is 0 Å². The van der Waals surface area contributed by atoms with Crippen molar-refractivity contribution in [2.45, 2.75) is 19.9 Å². The number of carbonyl (C=O) groups is 1. The van der Waals surface area contributed by atoms with Crippen molar-refractivity contribution in [1.82, 2.24) is 0 Å². The lowest BCUT2D eigenvalue weighted by Crippen LogP contribution is -2.34. The fraction of sp³-hybridized carbons (Fsp3) is 0.462. The summed E-state index contributed by atoms with van der Waals surface area (Å²) in [7, 11) is 1.58. The highest BCUT2D eigenvalue weighted by Crippen LogP contribution is 2.26. The first-order valence-corrected chi connectivity index (χ1v) is 6.02. The number of hydrogen-bond acceptors (Lipinski definition) is 4. The van der Waals surface area contributed by atoms with Crippen LogP contribution in [-0.2, 0) is 4.74 Å². The van der Waals surface area contributed by atoms with Crippen LogP contribution in [0.1, 0.15) is 24.2 Å². The topological polar surface area (TPSA) is 81.6 Å². The van der Waals surface area contributed by atoms with E-state index >= 15 is 0 Å². The Kier molecular flexibility index (Phi) is 5.11. The molecule has 1 rings (SSSR count). The van der Waals surface area contributed by atoms with Crippen LogP contribution in [0, 0.1) is 5.82 Å². The normalized spacial score (nSPS) is 10.8. The highest BCUT2D eigenvalue weighted by Gasteiger charge is 2.18. The summed E-state index contributed by atoms with van der Waals surface area (Å²) in [6.45, 7) is 4.81. The molecular weight excluding hydrogens is 249 g/mol. The standard InChI is InChI=1S/C13H20FN3O2/c1-8(2)17(4-5-19-3)12-6-9(13(16)18)11(15)7-10(12)14/h6-8H,4-5,15H2,1-3H3,(H2,16,18). The Morgan fingerprint density at radius 1 is 1.47 bits per heavy atom. The quantitative estimate of drug-likeness (QED) is 0.764. The van der Waals surface area contributed by atoms with Crippen LogP contribution in [0.5, 0.6) is 0 Å². The van der Waals surface area contributed by atoms with Gasteiger partial charge in [-0.3, -0.25) is 4.79 Å². The van der Waals surface area contributed by atoms with Gasteiger partial charge < -0.3 is 21.1 Å². The summed E-state index contributed by atoms with van der Waals surface area (Å²) in [6, 6.07) is 2.56. The lowest BCUT2D eigenvalue weighted by atomic mass is 10.1. The zero-order valence-electron chi connectivity index (χ0n) is 11.4. The largest absolute Gasteiger partial charge is 0.398 e. The molecule has 0 radical (unpaired) electrons. The summed E-state index contributed by atoms with van der Waals surface area (Å²) in [5.41, 5.74) is 11.3. The van der Waals surface area contributed by atoms with Crippen LogP contribution in [0.2, 0.25) is 0 Å². The maximum atomic E-state index is 14.0. The first-order chi connectivity index (χ1) is 8.88. The van der Waals surface area contributed by atoms with Gasteiger partial charge in [-0.1, -0.05) is 0 Å². The van der Waals surface area contributed by atoms with Gasteiger partial charge in [0.2, 0.25) is 0 Å². The molecular formula is C13H20FN3O2. The molecule has 0 unspecified atom stereocenters. The summed E-state index contributed by atoms with van der Waals surface area (Å²) in [5, 5.41) is 0. The second-order valence-electron chi connectivity index (χ2n) is 4.54. The Morgan fingerprint density at radius 3 is 2.58 bits per heavy atom. The third-order valence-electron chi connectivity index (χ3n) is 2.85. The minimum atomic E-state index is -0.672. The lowest BCUT2D eigenvalue weighted by Gasteiger charge is -2.29. The van der Waals surface area contributed by atoms with Crippen LogP contribution in [0.15, 0.2) is 12.1 Å². The van der Waals surface area contributed by atoms with Crippen molar-refractivity contribution >= 4 is 17.3 Å². The summed E-state index contributed by atoms with van der Waals surface area (Å²) in [6.07, 6.45) is 0. The van der Waals surface area contributed by atoms with Crippen molar-refractivity contribution in [3.05, 3.63) is 23.5 Å². The Morgan fingerprint density at radius 2 is 2.11 bits per heavy atom. The van der Waals surface area contributed by atoms with Gasteiger partial charge in [0.05, 0.1) is 17.9 Å². The summed E-state index contributed by atoms with van der Waals surface area (Å²) in [4.78, 5) is 13.1. The molecule has 0 aliphatic carbocycles. The maximum Gasteiger partial charge on any atom is 0.250 e. The van der Waals surface area contributed by atoms with Crippen molar-refractivity contribution in [3.8, 4) is 0 Å². The van der Waals surface area contributed by atoms with Crippen molar-refractivity contribution in [2.24, 2.45) is 5.73 Å². The Balaban J connectivity index is 3.22. The van der Waals surface area contributed by atoms with E-state index in [9.17, 15) is 9.18 Å². The second kappa shape index (κ2) is 6.38. The van der Waals surface area contributed by atoms with Crippen LogP contribution in [-0.4, -0.2) is 32.2 Å². The molecule has 19 heavy (non-hydrogen) atoms. The van der Waals surface area contributed by atoms with Crippen LogP contribution in [0.4, 0.5) is 15.8 Å². The van der Waals surface area contributed by atoms with Crippen molar-refractivity contribution in [3.63, 3.8) is 0 Å². The summed E-state index contributed by atoms with van der Waals surface area (Å²) >= 11 is 0. The molecule has 0 saturated carbocycles. The monoisotopic (exact) mass is 269 g/mol. The molecule has 0 aliphatic heterocycles. The highest BCUT2D eigenvalue weighted by molar-refractivity contribution is 5.99. The predicted molar refractivity (Wildman–Crippen MR) is 73.7 cm³/mol. The predicted octanol–water partition coefficient (Wildman–Crippen LogP) is 1.37. The fourth-order valence-electron chi connectivity index (χ4n) is 1.86. The second-order valence-corrected chi connectivity index (χ2v) is 4.54. The molecule has 1 aromatic rings. The Labute approximate surface area is 112 Å². The van der Waals surface area contributed by atoms with Gasteiger partial charge in [-0.15, -0.1) is 0 Å². The number of ether oxygens (including phenoxy) is 1. The smallest absolute Gasteiger partial charge is 0.250 e. The van der Waals surface area contributed by atoms with Gasteiger partial charge in [0.1, 0.15) is 5.82 Å². The van der Waals surface area contributed by atoms with Gasteiger partial charge in [0, 0.05) is 25.4 Å². The fourth-order valence-corrected chi connectivity index (χ4v) is 1.86. The number of nitrogens with two attached hydrogens (primary N) is 2. The number of anilines is 2. The van der Waals surface area contributed by atoms with Crippen LogP contribution >= 0.6 is 0 Å². The van der Waals surface area contributed by atoms with Gasteiger partial charge in [-0.05, 0) is 26.0 Å². The van der Waals surface area contributed by atoms with E-state index in [2.05, 4.69) is 0 Å². The number of nitrogens with zero attached hydrogens (tertiary/aromatic N) is 1. The zero-order valence-corrected chi connectivity index (χ0v) is 11.4. The average molecular weight is 269 g/mol. The number of halogens is 1. The first kappa shape index (κ1) is 15.2. The van der Waals surface area contributed by atoms with Crippen molar-refractivity contribution in [2.75, 3.05) is 30.9 Å². The van der Waals surface area contributed by atoms with E-state index in [1.165, 1.54) is 6.07 Å². The Bertz CT molecular complexity index is 463. The molecule has 0 aliphatic rings. The number of benzene rings is 1. The van der Waals surface area contributed by atoms with E-state index in [1.807, 2.05) is 13.8 Å². The van der Waals surface area contributed by atoms with Gasteiger partial charge in [-0.25, -0.2) is 4.39 Å². The number of rotatable bonds is 6. The number of primary amides is 1. The molecule has 1 aromatic carbocycles.